The van der Waals surface area contributed by atoms with Crippen LogP contribution in [0.15, 0.2) is 60.7 Å². The van der Waals surface area contributed by atoms with Gasteiger partial charge in [0.25, 0.3) is 5.91 Å². The normalized spacial score (nSPS) is 15.0. The van der Waals surface area contributed by atoms with E-state index in [4.69, 9.17) is 4.74 Å². The molecule has 29 heavy (non-hydrogen) atoms. The largest absolute Gasteiger partial charge is 0.377 e. The molecule has 0 radical (unpaired) electrons. The molecule has 0 saturated carbocycles. The molecule has 3 aromatic rings. The quantitative estimate of drug-likeness (QED) is 0.564. The lowest BCUT2D eigenvalue weighted by Crippen LogP contribution is -2.39. The van der Waals surface area contributed by atoms with Crippen molar-refractivity contribution in [2.75, 3.05) is 19.7 Å². The molecule has 1 saturated heterocycles. The van der Waals surface area contributed by atoms with Gasteiger partial charge >= 0.3 is 0 Å². The molecule has 1 aliphatic heterocycles. The van der Waals surface area contributed by atoms with E-state index in [9.17, 15) is 9.18 Å². The Bertz CT molecular complexity index is 966. The van der Waals surface area contributed by atoms with Crippen molar-refractivity contribution in [3.05, 3.63) is 77.7 Å². The van der Waals surface area contributed by atoms with Gasteiger partial charge in [-0.05, 0) is 55.0 Å². The van der Waals surface area contributed by atoms with E-state index in [0.29, 0.717) is 24.8 Å². The number of piperidine rings is 1. The van der Waals surface area contributed by atoms with Crippen molar-refractivity contribution in [1.29, 1.82) is 0 Å². The Hall–Kier alpha value is -2.79. The summed E-state index contributed by atoms with van der Waals surface area (Å²) in [6, 6.07) is 18.0. The van der Waals surface area contributed by atoms with Crippen molar-refractivity contribution < 1.29 is 13.9 Å². The molecule has 2 heterocycles. The van der Waals surface area contributed by atoms with Crippen molar-refractivity contribution in [1.82, 2.24) is 9.88 Å². The summed E-state index contributed by atoms with van der Waals surface area (Å²) in [5.41, 5.74) is 2.35. The van der Waals surface area contributed by atoms with E-state index in [-0.39, 0.29) is 11.7 Å². The molecule has 150 valence electrons. The first-order valence-electron chi connectivity index (χ1n) is 10.2. The van der Waals surface area contributed by atoms with E-state index in [2.05, 4.69) is 4.98 Å². The van der Waals surface area contributed by atoms with Crippen LogP contribution in [0, 0.1) is 11.7 Å². The molecule has 5 heteroatoms. The van der Waals surface area contributed by atoms with Crippen LogP contribution in [0.25, 0.3) is 10.9 Å². The zero-order chi connectivity index (χ0) is 20.1. The number of nitrogens with zero attached hydrogens (tertiary/aromatic N) is 2. The molecule has 1 aromatic heterocycles. The second-order valence-electron chi connectivity index (χ2n) is 7.59. The highest BCUT2D eigenvalue weighted by Gasteiger charge is 2.24. The lowest BCUT2D eigenvalue weighted by atomic mass is 9.94. The zero-order valence-corrected chi connectivity index (χ0v) is 16.4. The summed E-state index contributed by atoms with van der Waals surface area (Å²) in [7, 11) is 0. The number of likely N-dealkylation sites (tertiary alicyclic amines) is 1. The minimum absolute atomic E-state index is 0.0155. The Morgan fingerprint density at radius 3 is 2.59 bits per heavy atom. The summed E-state index contributed by atoms with van der Waals surface area (Å²) in [6.07, 6.45) is 2.95. The summed E-state index contributed by atoms with van der Waals surface area (Å²) in [5, 5.41) is 1.04. The number of hydrogen-bond acceptors (Lipinski definition) is 3. The van der Waals surface area contributed by atoms with Crippen LogP contribution < -0.4 is 0 Å². The number of aromatic nitrogens is 1. The van der Waals surface area contributed by atoms with Crippen LogP contribution in [0.1, 0.15) is 35.3 Å². The molecule has 0 atom stereocenters. The van der Waals surface area contributed by atoms with Gasteiger partial charge in [-0.1, -0.05) is 36.4 Å². The average molecular weight is 392 g/mol. The molecule has 4 rings (SSSR count). The van der Waals surface area contributed by atoms with E-state index in [1.807, 2.05) is 41.3 Å². The van der Waals surface area contributed by atoms with Gasteiger partial charge in [0.05, 0.1) is 12.1 Å². The van der Waals surface area contributed by atoms with Crippen molar-refractivity contribution >= 4 is 16.8 Å². The second kappa shape index (κ2) is 9.14. The standard InChI is InChI=1S/C24H25FN2O2/c25-21-8-5-19(6-9-21)17-29-16-13-18-11-14-27(15-12-18)24(28)23-10-7-20-3-1-2-4-22(20)26-23/h1-10,18H,11-17H2. The fourth-order valence-corrected chi connectivity index (χ4v) is 3.79. The highest BCUT2D eigenvalue weighted by atomic mass is 19.1. The number of rotatable bonds is 6. The van der Waals surface area contributed by atoms with Crippen LogP contribution in [0.3, 0.4) is 0 Å². The van der Waals surface area contributed by atoms with E-state index in [1.54, 1.807) is 12.1 Å². The molecule has 4 nitrogen and oxygen atoms in total. The summed E-state index contributed by atoms with van der Waals surface area (Å²) in [6.45, 7) is 2.71. The second-order valence-corrected chi connectivity index (χ2v) is 7.59. The number of benzene rings is 2. The maximum atomic E-state index is 12.9. The fourth-order valence-electron chi connectivity index (χ4n) is 3.79. The van der Waals surface area contributed by atoms with Gasteiger partial charge in [-0.3, -0.25) is 4.79 Å². The fraction of sp³-hybridized carbons (Fsp3) is 0.333. The minimum Gasteiger partial charge on any atom is -0.377 e. The molecule has 0 spiro atoms. The Balaban J connectivity index is 1.22. The van der Waals surface area contributed by atoms with Crippen molar-refractivity contribution in [3.8, 4) is 0 Å². The maximum absolute atomic E-state index is 12.9. The zero-order valence-electron chi connectivity index (χ0n) is 16.4. The van der Waals surface area contributed by atoms with E-state index in [1.165, 1.54) is 12.1 Å². The van der Waals surface area contributed by atoms with Gasteiger partial charge in [-0.15, -0.1) is 0 Å². The predicted octanol–water partition coefficient (Wildman–Crippen LogP) is 4.83. The lowest BCUT2D eigenvalue weighted by Gasteiger charge is -2.31. The smallest absolute Gasteiger partial charge is 0.272 e. The van der Waals surface area contributed by atoms with Gasteiger partial charge in [0.15, 0.2) is 0 Å². The number of hydrogen-bond donors (Lipinski definition) is 0. The Morgan fingerprint density at radius 2 is 1.79 bits per heavy atom. The van der Waals surface area contributed by atoms with Crippen LogP contribution in [-0.4, -0.2) is 35.5 Å². The van der Waals surface area contributed by atoms with Gasteiger partial charge < -0.3 is 9.64 Å². The van der Waals surface area contributed by atoms with Gasteiger partial charge in [0.1, 0.15) is 11.5 Å². The molecule has 0 N–H and O–H groups in total. The topological polar surface area (TPSA) is 42.4 Å². The van der Waals surface area contributed by atoms with Gasteiger partial charge in [-0.25, -0.2) is 9.37 Å². The monoisotopic (exact) mass is 392 g/mol. The van der Waals surface area contributed by atoms with Crippen molar-refractivity contribution in [2.45, 2.75) is 25.9 Å². The van der Waals surface area contributed by atoms with Gasteiger partial charge in [0.2, 0.25) is 0 Å². The first-order chi connectivity index (χ1) is 14.2. The van der Waals surface area contributed by atoms with Crippen molar-refractivity contribution in [3.63, 3.8) is 0 Å². The summed E-state index contributed by atoms with van der Waals surface area (Å²) >= 11 is 0. The third kappa shape index (κ3) is 4.98. The van der Waals surface area contributed by atoms with Crippen LogP contribution in [0.2, 0.25) is 0 Å². The third-order valence-electron chi connectivity index (χ3n) is 5.57. The molecule has 1 fully saturated rings. The van der Waals surface area contributed by atoms with Gasteiger partial charge in [0, 0.05) is 25.1 Å². The lowest BCUT2D eigenvalue weighted by molar-refractivity contribution is 0.0634. The molecular weight excluding hydrogens is 367 g/mol. The number of amides is 1. The van der Waals surface area contributed by atoms with Crippen LogP contribution in [-0.2, 0) is 11.3 Å². The van der Waals surface area contributed by atoms with E-state index < -0.39 is 0 Å². The SMILES string of the molecule is O=C(c1ccc2ccccc2n1)N1CCC(CCOCc2ccc(F)cc2)CC1. The molecule has 2 aromatic carbocycles. The summed E-state index contributed by atoms with van der Waals surface area (Å²) in [4.78, 5) is 19.2. The molecule has 1 amide bonds. The average Bonchev–Trinajstić information content (AvgIpc) is 2.77. The Kier molecular flexibility index (Phi) is 6.15. The number of carbonyl (C=O) groups excluding carboxylic acids is 1. The molecule has 0 bridgehead atoms. The summed E-state index contributed by atoms with van der Waals surface area (Å²) < 4.78 is 18.6. The van der Waals surface area contributed by atoms with Crippen LogP contribution >= 0.6 is 0 Å². The number of halogens is 1. The van der Waals surface area contributed by atoms with Crippen LogP contribution in [0.4, 0.5) is 4.39 Å². The third-order valence-corrected chi connectivity index (χ3v) is 5.57. The van der Waals surface area contributed by atoms with Gasteiger partial charge in [-0.2, -0.15) is 0 Å². The number of pyridine rings is 1. The molecule has 0 unspecified atom stereocenters. The van der Waals surface area contributed by atoms with Crippen molar-refractivity contribution in [2.24, 2.45) is 5.92 Å². The summed E-state index contributed by atoms with van der Waals surface area (Å²) in [5.74, 6) is 0.354. The Labute approximate surface area is 170 Å². The minimum atomic E-state index is -0.228. The highest BCUT2D eigenvalue weighted by Crippen LogP contribution is 2.22. The molecular formula is C24H25FN2O2. The predicted molar refractivity (Wildman–Crippen MR) is 111 cm³/mol. The first-order valence-corrected chi connectivity index (χ1v) is 10.2. The number of ether oxygens (including phenoxy) is 1. The maximum Gasteiger partial charge on any atom is 0.272 e. The number of para-hydroxylation sites is 1. The number of carbonyl (C=O) groups is 1. The molecule has 0 aliphatic carbocycles. The van der Waals surface area contributed by atoms with E-state index >= 15 is 0 Å². The number of fused-ring (bicyclic) bond motifs is 1. The van der Waals surface area contributed by atoms with Crippen LogP contribution in [0.5, 0.6) is 0 Å². The van der Waals surface area contributed by atoms with E-state index in [0.717, 1.165) is 48.8 Å². The first kappa shape index (κ1) is 19.5. The molecule has 1 aliphatic rings. The Morgan fingerprint density at radius 1 is 1.03 bits per heavy atom. The highest BCUT2D eigenvalue weighted by molar-refractivity contribution is 5.94.